The van der Waals surface area contributed by atoms with E-state index in [0.717, 1.165) is 17.1 Å². The van der Waals surface area contributed by atoms with Crippen molar-refractivity contribution in [2.45, 2.75) is 12.6 Å². The van der Waals surface area contributed by atoms with Gasteiger partial charge in [-0.25, -0.2) is 0 Å². The molecule has 0 aliphatic carbocycles. The molecular weight excluding hydrogens is 368 g/mol. The third kappa shape index (κ3) is 6.07. The summed E-state index contributed by atoms with van der Waals surface area (Å²) >= 11 is 0. The first-order valence-electron chi connectivity index (χ1n) is 9.87. The summed E-state index contributed by atoms with van der Waals surface area (Å²) in [5.41, 5.74) is 0.871. The number of carbonyl (C=O) groups is 1. The molecule has 0 radical (unpaired) electrons. The van der Waals surface area contributed by atoms with Crippen LogP contribution < -0.4 is 9.47 Å². The number of rotatable bonds is 8. The standard InChI is InChI=1S/C23H28N2O4/c1-28-21-10-6-5-7-19(21)11-12-22(26)24-14-16-25(17-15-24)23(27)13-18-29-20-8-3-2-4-9-20/h2-12,23,27H,13-18H2,1H3/b12-11+. The van der Waals surface area contributed by atoms with Crippen LogP contribution in [0.4, 0.5) is 0 Å². The zero-order chi connectivity index (χ0) is 20.5. The second-order valence-electron chi connectivity index (χ2n) is 6.87. The molecule has 6 heteroatoms. The molecule has 1 amide bonds. The number of piperazine rings is 1. The second-order valence-corrected chi connectivity index (χ2v) is 6.87. The van der Waals surface area contributed by atoms with Gasteiger partial charge >= 0.3 is 0 Å². The smallest absolute Gasteiger partial charge is 0.246 e. The third-order valence-corrected chi connectivity index (χ3v) is 4.98. The molecule has 6 nitrogen and oxygen atoms in total. The molecule has 0 saturated carbocycles. The highest BCUT2D eigenvalue weighted by Gasteiger charge is 2.24. The number of methoxy groups -OCH3 is 1. The van der Waals surface area contributed by atoms with Crippen LogP contribution in [0.2, 0.25) is 0 Å². The van der Waals surface area contributed by atoms with Gasteiger partial charge in [-0.2, -0.15) is 0 Å². The van der Waals surface area contributed by atoms with Crippen molar-refractivity contribution in [1.29, 1.82) is 0 Å². The fourth-order valence-corrected chi connectivity index (χ4v) is 3.29. The molecule has 2 aromatic carbocycles. The van der Waals surface area contributed by atoms with E-state index in [1.165, 1.54) is 0 Å². The van der Waals surface area contributed by atoms with Gasteiger partial charge in [0.1, 0.15) is 17.7 Å². The largest absolute Gasteiger partial charge is 0.496 e. The Kier molecular flexibility index (Phi) is 7.67. The number of aliphatic hydroxyl groups is 1. The molecule has 1 saturated heterocycles. The Labute approximate surface area is 172 Å². The predicted octanol–water partition coefficient (Wildman–Crippen LogP) is 2.64. The fraction of sp³-hybridized carbons (Fsp3) is 0.348. The van der Waals surface area contributed by atoms with E-state index >= 15 is 0 Å². The Morgan fingerprint density at radius 3 is 2.48 bits per heavy atom. The lowest BCUT2D eigenvalue weighted by Crippen LogP contribution is -2.51. The topological polar surface area (TPSA) is 62.2 Å². The minimum Gasteiger partial charge on any atom is -0.496 e. The molecule has 0 bridgehead atoms. The van der Waals surface area contributed by atoms with Crippen LogP contribution in [0.5, 0.6) is 11.5 Å². The highest BCUT2D eigenvalue weighted by molar-refractivity contribution is 5.92. The van der Waals surface area contributed by atoms with Gasteiger partial charge in [-0.05, 0) is 24.3 Å². The van der Waals surface area contributed by atoms with Crippen molar-refractivity contribution in [2.24, 2.45) is 0 Å². The van der Waals surface area contributed by atoms with Gasteiger partial charge in [0.2, 0.25) is 5.91 Å². The minimum absolute atomic E-state index is 0.0301. The molecule has 1 N–H and O–H groups in total. The Hall–Kier alpha value is -2.83. The lowest BCUT2D eigenvalue weighted by Gasteiger charge is -2.36. The van der Waals surface area contributed by atoms with Gasteiger partial charge in [-0.15, -0.1) is 0 Å². The molecule has 3 rings (SSSR count). The summed E-state index contributed by atoms with van der Waals surface area (Å²) in [7, 11) is 1.61. The third-order valence-electron chi connectivity index (χ3n) is 4.98. The van der Waals surface area contributed by atoms with Crippen LogP contribution in [0.1, 0.15) is 12.0 Å². The van der Waals surface area contributed by atoms with Crippen LogP contribution in [-0.2, 0) is 4.79 Å². The van der Waals surface area contributed by atoms with Crippen LogP contribution in [0, 0.1) is 0 Å². The van der Waals surface area contributed by atoms with E-state index in [-0.39, 0.29) is 5.91 Å². The Bertz CT molecular complexity index is 802. The van der Waals surface area contributed by atoms with E-state index in [1.807, 2.05) is 59.5 Å². The molecule has 1 heterocycles. The molecule has 1 aliphatic rings. The molecular formula is C23H28N2O4. The van der Waals surface area contributed by atoms with Crippen molar-refractivity contribution in [3.05, 3.63) is 66.2 Å². The van der Waals surface area contributed by atoms with E-state index < -0.39 is 6.23 Å². The van der Waals surface area contributed by atoms with Crippen molar-refractivity contribution >= 4 is 12.0 Å². The average molecular weight is 396 g/mol. The monoisotopic (exact) mass is 396 g/mol. The highest BCUT2D eigenvalue weighted by Crippen LogP contribution is 2.19. The van der Waals surface area contributed by atoms with Gasteiger partial charge in [0.15, 0.2) is 0 Å². The summed E-state index contributed by atoms with van der Waals surface area (Å²) in [6, 6.07) is 17.2. The molecule has 29 heavy (non-hydrogen) atoms. The van der Waals surface area contributed by atoms with Crippen LogP contribution in [0.15, 0.2) is 60.7 Å². The first-order chi connectivity index (χ1) is 14.2. The summed E-state index contributed by atoms with van der Waals surface area (Å²) in [5, 5.41) is 10.4. The van der Waals surface area contributed by atoms with Crippen LogP contribution in [0.3, 0.4) is 0 Å². The lowest BCUT2D eigenvalue weighted by atomic mass is 10.2. The van der Waals surface area contributed by atoms with Gasteiger partial charge in [0.05, 0.1) is 13.7 Å². The number of amides is 1. The quantitative estimate of drug-likeness (QED) is 0.695. The minimum atomic E-state index is -0.569. The first kappa shape index (κ1) is 20.9. The second kappa shape index (κ2) is 10.6. The molecule has 1 aliphatic heterocycles. The molecule has 1 atom stereocenters. The molecule has 154 valence electrons. The zero-order valence-corrected chi connectivity index (χ0v) is 16.7. The van der Waals surface area contributed by atoms with Gasteiger partial charge in [0, 0.05) is 44.2 Å². The number of carbonyl (C=O) groups excluding carboxylic acids is 1. The molecule has 1 fully saturated rings. The van der Waals surface area contributed by atoms with E-state index in [9.17, 15) is 9.90 Å². The Morgan fingerprint density at radius 1 is 1.07 bits per heavy atom. The Morgan fingerprint density at radius 2 is 1.76 bits per heavy atom. The summed E-state index contributed by atoms with van der Waals surface area (Å²) in [4.78, 5) is 16.3. The van der Waals surface area contributed by atoms with Crippen molar-refractivity contribution in [2.75, 3.05) is 39.9 Å². The Balaban J connectivity index is 1.42. The highest BCUT2D eigenvalue weighted by atomic mass is 16.5. The van der Waals surface area contributed by atoms with Crippen LogP contribution in [-0.4, -0.2) is 66.9 Å². The fourth-order valence-electron chi connectivity index (χ4n) is 3.29. The van der Waals surface area contributed by atoms with Crippen molar-refractivity contribution in [3.8, 4) is 11.5 Å². The van der Waals surface area contributed by atoms with E-state index in [4.69, 9.17) is 9.47 Å². The SMILES string of the molecule is COc1ccccc1/C=C/C(=O)N1CCN(C(O)CCOc2ccccc2)CC1. The van der Waals surface area contributed by atoms with Gasteiger partial charge in [-0.1, -0.05) is 36.4 Å². The van der Waals surface area contributed by atoms with Crippen molar-refractivity contribution in [1.82, 2.24) is 9.80 Å². The molecule has 0 aromatic heterocycles. The number of ether oxygens (including phenoxy) is 2. The van der Waals surface area contributed by atoms with Gasteiger partial charge in [-0.3, -0.25) is 9.69 Å². The normalized spacial score (nSPS) is 16.0. The lowest BCUT2D eigenvalue weighted by molar-refractivity contribution is -0.129. The number of nitrogens with zero attached hydrogens (tertiary/aromatic N) is 2. The number of aliphatic hydroxyl groups excluding tert-OH is 1. The van der Waals surface area contributed by atoms with Crippen molar-refractivity contribution < 1.29 is 19.4 Å². The van der Waals surface area contributed by atoms with E-state index in [1.54, 1.807) is 24.2 Å². The first-order valence-corrected chi connectivity index (χ1v) is 9.87. The molecule has 1 unspecified atom stereocenters. The number of benzene rings is 2. The molecule has 0 spiro atoms. The van der Waals surface area contributed by atoms with E-state index in [0.29, 0.717) is 39.2 Å². The summed E-state index contributed by atoms with van der Waals surface area (Å²) in [5.74, 6) is 1.51. The van der Waals surface area contributed by atoms with Crippen LogP contribution in [0.25, 0.3) is 6.08 Å². The zero-order valence-electron chi connectivity index (χ0n) is 16.7. The summed E-state index contributed by atoms with van der Waals surface area (Å²) in [6.07, 6.45) is 3.32. The summed E-state index contributed by atoms with van der Waals surface area (Å²) in [6.45, 7) is 2.91. The van der Waals surface area contributed by atoms with E-state index in [2.05, 4.69) is 0 Å². The predicted molar refractivity (Wildman–Crippen MR) is 113 cm³/mol. The van der Waals surface area contributed by atoms with Gasteiger partial charge in [0.25, 0.3) is 0 Å². The number of hydrogen-bond acceptors (Lipinski definition) is 5. The molecule has 2 aromatic rings. The van der Waals surface area contributed by atoms with Crippen molar-refractivity contribution in [3.63, 3.8) is 0 Å². The number of para-hydroxylation sites is 2. The average Bonchev–Trinajstić information content (AvgIpc) is 2.78. The maximum atomic E-state index is 12.5. The van der Waals surface area contributed by atoms with Gasteiger partial charge < -0.3 is 19.5 Å². The summed E-state index contributed by atoms with van der Waals surface area (Å²) < 4.78 is 11.0. The maximum Gasteiger partial charge on any atom is 0.246 e. The maximum absolute atomic E-state index is 12.5. The number of hydrogen-bond donors (Lipinski definition) is 1. The van der Waals surface area contributed by atoms with Crippen LogP contribution >= 0.6 is 0 Å².